The minimum atomic E-state index is 0.535. The van der Waals surface area contributed by atoms with Crippen LogP contribution in [0.4, 0.5) is 5.82 Å². The third-order valence-corrected chi connectivity index (χ3v) is 7.36. The quantitative estimate of drug-likeness (QED) is 0.154. The van der Waals surface area contributed by atoms with E-state index in [4.69, 9.17) is 4.98 Å². The number of unbranched alkanes of at least 4 members (excludes halogenated alkanes) is 2. The maximum Gasteiger partial charge on any atom is 0.129 e. The molecule has 2 rings (SSSR count). The number of nitrogens with one attached hydrogen (secondary N) is 1. The lowest BCUT2D eigenvalue weighted by atomic mass is 9.97. The summed E-state index contributed by atoms with van der Waals surface area (Å²) in [5, 5.41) is 13.8. The fraction of sp³-hybridized carbons (Fsp3) is 0.341. The van der Waals surface area contributed by atoms with Gasteiger partial charge in [-0.05, 0) is 100 Å². The van der Waals surface area contributed by atoms with E-state index in [-0.39, 0.29) is 0 Å². The highest BCUT2D eigenvalue weighted by Gasteiger charge is 2.11. The molecule has 0 saturated carbocycles. The second-order valence-electron chi connectivity index (χ2n) is 11.2. The Kier molecular flexibility index (Phi) is 16.7. The van der Waals surface area contributed by atoms with Gasteiger partial charge in [0.1, 0.15) is 5.82 Å². The van der Waals surface area contributed by atoms with Gasteiger partial charge in [0.05, 0.1) is 23.0 Å². The summed E-state index contributed by atoms with van der Waals surface area (Å²) in [4.78, 5) is 9.66. The highest BCUT2D eigenvalue weighted by Crippen LogP contribution is 2.27. The van der Waals surface area contributed by atoms with Crippen LogP contribution in [0.25, 0.3) is 17.3 Å². The van der Waals surface area contributed by atoms with E-state index in [0.29, 0.717) is 12.1 Å². The van der Waals surface area contributed by atoms with E-state index >= 15 is 0 Å². The number of anilines is 1. The predicted molar refractivity (Wildman–Crippen MR) is 196 cm³/mol. The predicted octanol–water partition coefficient (Wildman–Crippen LogP) is 11.5. The van der Waals surface area contributed by atoms with E-state index in [9.17, 15) is 5.26 Å². The SMILES string of the molecule is C\C=C/C(=C\C(C)=C\CC)C(/C)=C(C#N)/C=C(\C=C\CCC)CNc1nccc(-c2ccc(C)c(/C=C\C=C\CCC)n2)c1C. The summed E-state index contributed by atoms with van der Waals surface area (Å²) in [6.45, 7) is 17.3. The summed E-state index contributed by atoms with van der Waals surface area (Å²) in [6, 6.07) is 8.67. The topological polar surface area (TPSA) is 61.6 Å². The van der Waals surface area contributed by atoms with Gasteiger partial charge in [0.25, 0.3) is 0 Å². The first-order valence-electron chi connectivity index (χ1n) is 16.3. The first-order chi connectivity index (χ1) is 21.8. The minimum absolute atomic E-state index is 0.535. The van der Waals surface area contributed by atoms with Gasteiger partial charge in [0.2, 0.25) is 0 Å². The Morgan fingerprint density at radius 1 is 0.956 bits per heavy atom. The third kappa shape index (κ3) is 12.2. The normalized spacial score (nSPS) is 13.8. The Balaban J connectivity index is 2.46. The molecule has 0 atom stereocenters. The summed E-state index contributed by atoms with van der Waals surface area (Å²) in [5.41, 5.74) is 9.94. The molecule has 0 bridgehead atoms. The van der Waals surface area contributed by atoms with Crippen LogP contribution < -0.4 is 5.32 Å². The van der Waals surface area contributed by atoms with Crippen LogP contribution in [0.2, 0.25) is 0 Å². The second kappa shape index (κ2) is 20.5. The number of hydrogen-bond acceptors (Lipinski definition) is 4. The molecule has 1 N–H and O–H groups in total. The average Bonchev–Trinajstić information content (AvgIpc) is 3.03. The lowest BCUT2D eigenvalue weighted by Gasteiger charge is -2.14. The molecule has 2 heterocycles. The van der Waals surface area contributed by atoms with Crippen molar-refractivity contribution in [3.05, 3.63) is 130 Å². The van der Waals surface area contributed by atoms with Gasteiger partial charge in [0.15, 0.2) is 0 Å². The van der Waals surface area contributed by atoms with Crippen LogP contribution in [0.5, 0.6) is 0 Å². The van der Waals surface area contributed by atoms with Gasteiger partial charge in [0, 0.05) is 23.9 Å². The van der Waals surface area contributed by atoms with Crippen LogP contribution in [-0.2, 0) is 0 Å². The van der Waals surface area contributed by atoms with Crippen molar-refractivity contribution in [2.45, 2.75) is 87.5 Å². The van der Waals surface area contributed by atoms with Gasteiger partial charge in [-0.25, -0.2) is 9.97 Å². The largest absolute Gasteiger partial charge is 0.366 e. The molecule has 2 aromatic heterocycles. The fourth-order valence-corrected chi connectivity index (χ4v) is 4.74. The Labute approximate surface area is 273 Å². The fourth-order valence-electron chi connectivity index (χ4n) is 4.74. The molecule has 45 heavy (non-hydrogen) atoms. The monoisotopic (exact) mass is 600 g/mol. The van der Waals surface area contributed by atoms with Gasteiger partial charge in [-0.1, -0.05) is 99.9 Å². The lowest BCUT2D eigenvalue weighted by Crippen LogP contribution is -2.08. The van der Waals surface area contributed by atoms with E-state index in [1.165, 1.54) is 5.57 Å². The van der Waals surface area contributed by atoms with Crippen LogP contribution in [0, 0.1) is 25.2 Å². The van der Waals surface area contributed by atoms with E-state index in [2.05, 4.69) is 125 Å². The summed E-state index contributed by atoms with van der Waals surface area (Å²) in [5.74, 6) is 0.804. The van der Waals surface area contributed by atoms with Crippen molar-refractivity contribution >= 4 is 11.9 Å². The summed E-state index contributed by atoms with van der Waals surface area (Å²) in [6.07, 6.45) is 30.2. The first kappa shape index (κ1) is 36.7. The zero-order valence-electron chi connectivity index (χ0n) is 28.7. The first-order valence-corrected chi connectivity index (χ1v) is 16.3. The average molecular weight is 601 g/mol. The van der Waals surface area contributed by atoms with Gasteiger partial charge < -0.3 is 5.32 Å². The summed E-state index contributed by atoms with van der Waals surface area (Å²) in [7, 11) is 0. The maximum atomic E-state index is 10.2. The third-order valence-electron chi connectivity index (χ3n) is 7.36. The zero-order valence-corrected chi connectivity index (χ0v) is 28.7. The molecule has 0 amide bonds. The molecule has 0 spiro atoms. The molecule has 2 aromatic rings. The molecular weight excluding hydrogens is 548 g/mol. The van der Waals surface area contributed by atoms with Crippen LogP contribution in [0.15, 0.2) is 113 Å². The summed E-state index contributed by atoms with van der Waals surface area (Å²) >= 11 is 0. The molecule has 0 saturated heterocycles. The van der Waals surface area contributed by atoms with E-state index < -0.39 is 0 Å². The number of nitrogens with zero attached hydrogens (tertiary/aromatic N) is 3. The van der Waals surface area contributed by atoms with Crippen LogP contribution in [0.3, 0.4) is 0 Å². The smallest absolute Gasteiger partial charge is 0.129 e. The zero-order chi connectivity index (χ0) is 33.0. The Hall–Kier alpha value is -4.49. The van der Waals surface area contributed by atoms with Crippen molar-refractivity contribution in [3.63, 3.8) is 0 Å². The van der Waals surface area contributed by atoms with Crippen LogP contribution in [-0.4, -0.2) is 16.5 Å². The number of nitriles is 1. The molecule has 4 heteroatoms. The summed E-state index contributed by atoms with van der Waals surface area (Å²) < 4.78 is 0. The van der Waals surface area contributed by atoms with Gasteiger partial charge in [-0.15, -0.1) is 0 Å². The molecule has 236 valence electrons. The highest BCUT2D eigenvalue weighted by atomic mass is 15.0. The van der Waals surface area contributed by atoms with Gasteiger partial charge in [-0.3, -0.25) is 0 Å². The van der Waals surface area contributed by atoms with Crippen molar-refractivity contribution in [1.29, 1.82) is 5.26 Å². The number of aromatic nitrogens is 2. The highest BCUT2D eigenvalue weighted by molar-refractivity contribution is 5.70. The molecule has 0 aromatic carbocycles. The van der Waals surface area contributed by atoms with Crippen molar-refractivity contribution in [3.8, 4) is 17.3 Å². The van der Waals surface area contributed by atoms with E-state index in [1.807, 2.05) is 38.3 Å². The number of aryl methyl sites for hydroxylation is 1. The lowest BCUT2D eigenvalue weighted by molar-refractivity contribution is 0.957. The van der Waals surface area contributed by atoms with Crippen molar-refractivity contribution < 1.29 is 0 Å². The molecule has 0 radical (unpaired) electrons. The van der Waals surface area contributed by atoms with Crippen molar-refractivity contribution in [2.75, 3.05) is 11.9 Å². The van der Waals surface area contributed by atoms with Gasteiger partial charge in [-0.2, -0.15) is 5.26 Å². The minimum Gasteiger partial charge on any atom is -0.366 e. The number of pyridine rings is 2. The van der Waals surface area contributed by atoms with Crippen molar-refractivity contribution in [2.24, 2.45) is 0 Å². The van der Waals surface area contributed by atoms with Crippen LogP contribution >= 0.6 is 0 Å². The molecule has 0 fully saturated rings. The number of hydrogen-bond donors (Lipinski definition) is 1. The van der Waals surface area contributed by atoms with E-state index in [0.717, 1.165) is 82.7 Å². The van der Waals surface area contributed by atoms with E-state index in [1.54, 1.807) is 0 Å². The van der Waals surface area contributed by atoms with Crippen molar-refractivity contribution in [1.82, 2.24) is 9.97 Å². The molecule has 0 aliphatic carbocycles. The number of allylic oxidation sites excluding steroid dienone is 13. The second-order valence-corrected chi connectivity index (χ2v) is 11.2. The molecular formula is C41H52N4. The molecule has 0 aliphatic heterocycles. The standard InChI is InChI=1S/C41H52N4/c1-9-13-15-16-18-22-39-32(6)23-24-40(45-39)38-25-26-43-41(34(38)8)44-30-35(21-17-14-10-2)28-37(29-42)33(7)36(20-12-4)27-31(5)19-11-3/h12,15-28H,9-11,13-14,30H2,1-8H3,(H,43,44)/b16-15+,20-12-,21-17+,22-18-,31-19+,35-28+,36-27+,37-33-. The molecule has 4 nitrogen and oxygen atoms in total. The molecule has 0 unspecified atom stereocenters. The van der Waals surface area contributed by atoms with Crippen LogP contribution in [0.1, 0.15) is 90.5 Å². The maximum absolute atomic E-state index is 10.2. The van der Waals surface area contributed by atoms with Gasteiger partial charge >= 0.3 is 0 Å². The Bertz CT molecular complexity index is 1550. The number of rotatable bonds is 16. The Morgan fingerprint density at radius 2 is 1.71 bits per heavy atom. The Morgan fingerprint density at radius 3 is 2.40 bits per heavy atom. The molecule has 0 aliphatic rings.